The smallest absolute Gasteiger partial charge is 0.213 e. The molecule has 1 heterocycles. The van der Waals surface area contributed by atoms with Gasteiger partial charge in [0.25, 0.3) is 0 Å². The first-order valence-corrected chi connectivity index (χ1v) is 9.62. The Hall–Kier alpha value is -0.670. The molecular weight excluding hydrogens is 324 g/mol. The molecule has 1 saturated heterocycles. The van der Waals surface area contributed by atoms with Gasteiger partial charge in [-0.15, -0.1) is 0 Å². The second-order valence-corrected chi connectivity index (χ2v) is 8.82. The SMILES string of the molecule is CS(=O)(=O)N1CCC(NS(=O)(=O)c2cccc(Cl)c2)C1. The molecule has 1 aromatic rings. The number of nitrogens with one attached hydrogen (secondary N) is 1. The molecule has 0 aromatic heterocycles. The molecular formula is C11H15ClN2O4S2. The van der Waals surface area contributed by atoms with Gasteiger partial charge in [0.2, 0.25) is 20.0 Å². The second kappa shape index (κ2) is 5.61. The summed E-state index contributed by atoms with van der Waals surface area (Å²) in [4.78, 5) is 0.0720. The van der Waals surface area contributed by atoms with Crippen molar-refractivity contribution in [2.75, 3.05) is 19.3 Å². The number of rotatable bonds is 4. The van der Waals surface area contributed by atoms with Gasteiger partial charge in [-0.3, -0.25) is 0 Å². The number of halogens is 1. The molecule has 6 nitrogen and oxygen atoms in total. The van der Waals surface area contributed by atoms with E-state index in [2.05, 4.69) is 4.72 Å². The van der Waals surface area contributed by atoms with Crippen molar-refractivity contribution in [2.24, 2.45) is 0 Å². The normalized spacial score (nSPS) is 21.2. The highest BCUT2D eigenvalue weighted by Gasteiger charge is 2.31. The fraction of sp³-hybridized carbons (Fsp3) is 0.455. The number of sulfonamides is 2. The summed E-state index contributed by atoms with van der Waals surface area (Å²) in [6.07, 6.45) is 1.56. The maximum Gasteiger partial charge on any atom is 0.240 e. The first-order chi connectivity index (χ1) is 9.18. The van der Waals surface area contributed by atoms with E-state index in [1.807, 2.05) is 0 Å². The lowest BCUT2D eigenvalue weighted by atomic mass is 10.3. The molecule has 1 N–H and O–H groups in total. The summed E-state index contributed by atoms with van der Waals surface area (Å²) >= 11 is 5.77. The van der Waals surface area contributed by atoms with E-state index in [-0.39, 0.29) is 11.4 Å². The van der Waals surface area contributed by atoms with Crippen molar-refractivity contribution in [3.8, 4) is 0 Å². The van der Waals surface area contributed by atoms with Crippen LogP contribution in [0.15, 0.2) is 29.2 Å². The molecule has 1 unspecified atom stereocenters. The molecule has 0 saturated carbocycles. The van der Waals surface area contributed by atoms with Crippen molar-refractivity contribution in [1.82, 2.24) is 9.03 Å². The van der Waals surface area contributed by atoms with Crippen LogP contribution in [0.4, 0.5) is 0 Å². The molecule has 1 atom stereocenters. The van der Waals surface area contributed by atoms with Gasteiger partial charge in [-0.1, -0.05) is 17.7 Å². The van der Waals surface area contributed by atoms with Crippen molar-refractivity contribution in [3.05, 3.63) is 29.3 Å². The molecule has 9 heteroatoms. The highest BCUT2D eigenvalue weighted by atomic mass is 35.5. The molecule has 112 valence electrons. The third kappa shape index (κ3) is 3.70. The molecule has 0 spiro atoms. The average Bonchev–Trinajstić information content (AvgIpc) is 2.76. The minimum absolute atomic E-state index is 0.0720. The van der Waals surface area contributed by atoms with Gasteiger partial charge in [-0.05, 0) is 24.6 Å². The third-order valence-corrected chi connectivity index (χ3v) is 6.07. The van der Waals surface area contributed by atoms with Crippen LogP contribution in [-0.2, 0) is 20.0 Å². The van der Waals surface area contributed by atoms with Crippen molar-refractivity contribution in [3.63, 3.8) is 0 Å². The van der Waals surface area contributed by atoms with Crippen LogP contribution in [0.3, 0.4) is 0 Å². The van der Waals surface area contributed by atoms with Gasteiger partial charge in [-0.2, -0.15) is 0 Å². The molecule has 0 amide bonds. The Morgan fingerprint density at radius 3 is 2.55 bits per heavy atom. The third-order valence-electron chi connectivity index (χ3n) is 3.05. The molecule has 0 radical (unpaired) electrons. The van der Waals surface area contributed by atoms with Gasteiger partial charge in [0.05, 0.1) is 11.2 Å². The molecule has 1 aromatic carbocycles. The lowest BCUT2D eigenvalue weighted by Crippen LogP contribution is -2.38. The zero-order chi connectivity index (χ0) is 15.0. The fourth-order valence-corrected chi connectivity index (χ4v) is 4.50. The maximum absolute atomic E-state index is 12.2. The Kier molecular flexibility index (Phi) is 4.41. The van der Waals surface area contributed by atoms with E-state index in [1.54, 1.807) is 12.1 Å². The Morgan fingerprint density at radius 2 is 2.00 bits per heavy atom. The topological polar surface area (TPSA) is 83.6 Å². The fourth-order valence-electron chi connectivity index (χ4n) is 2.05. The quantitative estimate of drug-likeness (QED) is 0.873. The Labute approximate surface area is 123 Å². The number of hydrogen-bond acceptors (Lipinski definition) is 4. The molecule has 1 aliphatic heterocycles. The molecule has 2 rings (SSSR count). The van der Waals surface area contributed by atoms with E-state index >= 15 is 0 Å². The van der Waals surface area contributed by atoms with Crippen LogP contribution in [0.2, 0.25) is 5.02 Å². The predicted molar refractivity (Wildman–Crippen MR) is 76.6 cm³/mol. The van der Waals surface area contributed by atoms with E-state index in [9.17, 15) is 16.8 Å². The highest BCUT2D eigenvalue weighted by Crippen LogP contribution is 2.18. The van der Waals surface area contributed by atoms with E-state index in [0.29, 0.717) is 18.0 Å². The first kappa shape index (κ1) is 15.7. The van der Waals surface area contributed by atoms with Crippen molar-refractivity contribution < 1.29 is 16.8 Å². The number of hydrogen-bond donors (Lipinski definition) is 1. The van der Waals surface area contributed by atoms with Crippen LogP contribution in [0.1, 0.15) is 6.42 Å². The monoisotopic (exact) mass is 338 g/mol. The molecule has 1 fully saturated rings. The Morgan fingerprint density at radius 1 is 1.30 bits per heavy atom. The van der Waals surface area contributed by atoms with Gasteiger partial charge in [-0.25, -0.2) is 25.9 Å². The Bertz CT molecular complexity index is 703. The Balaban J connectivity index is 2.11. The minimum Gasteiger partial charge on any atom is -0.213 e. The summed E-state index contributed by atoms with van der Waals surface area (Å²) in [6, 6.07) is 5.51. The van der Waals surface area contributed by atoms with E-state index in [0.717, 1.165) is 6.26 Å². The average molecular weight is 339 g/mol. The van der Waals surface area contributed by atoms with Gasteiger partial charge in [0.1, 0.15) is 0 Å². The highest BCUT2D eigenvalue weighted by molar-refractivity contribution is 7.89. The summed E-state index contributed by atoms with van der Waals surface area (Å²) < 4.78 is 50.9. The van der Waals surface area contributed by atoms with Crippen LogP contribution >= 0.6 is 11.6 Å². The minimum atomic E-state index is -3.69. The zero-order valence-corrected chi connectivity index (χ0v) is 13.2. The summed E-state index contributed by atoms with van der Waals surface area (Å²) in [7, 11) is -6.98. The van der Waals surface area contributed by atoms with Gasteiger partial charge in [0.15, 0.2) is 0 Å². The largest absolute Gasteiger partial charge is 0.240 e. The standard InChI is InChI=1S/C11H15ClN2O4S2/c1-19(15,16)14-6-5-10(8-14)13-20(17,18)11-4-2-3-9(12)7-11/h2-4,7,10,13H,5-6,8H2,1H3. The zero-order valence-electron chi connectivity index (χ0n) is 10.8. The molecule has 20 heavy (non-hydrogen) atoms. The lowest BCUT2D eigenvalue weighted by Gasteiger charge is -2.15. The van der Waals surface area contributed by atoms with Gasteiger partial charge < -0.3 is 0 Å². The summed E-state index contributed by atoms with van der Waals surface area (Å²) in [5.74, 6) is 0. The van der Waals surface area contributed by atoms with Crippen LogP contribution < -0.4 is 4.72 Å². The van der Waals surface area contributed by atoms with Gasteiger partial charge in [0, 0.05) is 24.2 Å². The molecule has 0 bridgehead atoms. The summed E-state index contributed by atoms with van der Waals surface area (Å²) in [6.45, 7) is 0.472. The maximum atomic E-state index is 12.2. The van der Waals surface area contributed by atoms with Gasteiger partial charge >= 0.3 is 0 Å². The second-order valence-electron chi connectivity index (χ2n) is 4.69. The van der Waals surface area contributed by atoms with Crippen molar-refractivity contribution in [1.29, 1.82) is 0 Å². The molecule has 1 aliphatic rings. The summed E-state index contributed by atoms with van der Waals surface area (Å²) in [5.41, 5.74) is 0. The first-order valence-electron chi connectivity index (χ1n) is 5.91. The lowest BCUT2D eigenvalue weighted by molar-refractivity contribution is 0.472. The van der Waals surface area contributed by atoms with Crippen molar-refractivity contribution in [2.45, 2.75) is 17.4 Å². The number of nitrogens with zero attached hydrogens (tertiary/aromatic N) is 1. The van der Waals surface area contributed by atoms with E-state index in [1.165, 1.54) is 16.4 Å². The van der Waals surface area contributed by atoms with E-state index < -0.39 is 26.1 Å². The van der Waals surface area contributed by atoms with Crippen molar-refractivity contribution >= 4 is 31.6 Å². The van der Waals surface area contributed by atoms with Crippen LogP contribution in [-0.4, -0.2) is 46.5 Å². The van der Waals surface area contributed by atoms with E-state index in [4.69, 9.17) is 11.6 Å². The molecule has 0 aliphatic carbocycles. The predicted octanol–water partition coefficient (Wildman–Crippen LogP) is 0.652. The van der Waals surface area contributed by atoms with Crippen LogP contribution in [0.5, 0.6) is 0 Å². The number of benzene rings is 1. The van der Waals surface area contributed by atoms with Crippen LogP contribution in [0, 0.1) is 0 Å². The summed E-state index contributed by atoms with van der Waals surface area (Å²) in [5, 5.41) is 0.331. The van der Waals surface area contributed by atoms with Crippen LogP contribution in [0.25, 0.3) is 0 Å².